The van der Waals surface area contributed by atoms with Crippen molar-refractivity contribution in [3.8, 4) is 0 Å². The van der Waals surface area contributed by atoms with Gasteiger partial charge in [0.1, 0.15) is 5.69 Å². The van der Waals surface area contributed by atoms with Crippen molar-refractivity contribution in [2.24, 2.45) is 10.2 Å². The first-order chi connectivity index (χ1) is 7.66. The van der Waals surface area contributed by atoms with E-state index in [4.69, 9.17) is 5.73 Å². The molecule has 1 aromatic rings. The first-order valence-corrected chi connectivity index (χ1v) is 5.23. The Bertz CT molecular complexity index is 432. The van der Waals surface area contributed by atoms with E-state index in [0.29, 0.717) is 0 Å². The highest BCUT2D eigenvalue weighted by Crippen LogP contribution is 2.15. The Morgan fingerprint density at radius 3 is 2.50 bits per heavy atom. The van der Waals surface area contributed by atoms with Crippen molar-refractivity contribution in [3.63, 3.8) is 0 Å². The molecule has 0 aliphatic carbocycles. The lowest BCUT2D eigenvalue weighted by Crippen LogP contribution is -2.22. The molecule has 0 saturated carbocycles. The number of nitrogens with two attached hydrogens (primary N) is 1. The fraction of sp³-hybridized carbons (Fsp3) is 0.364. The van der Waals surface area contributed by atoms with E-state index in [1.165, 1.54) is 0 Å². The fourth-order valence-corrected chi connectivity index (χ4v) is 1.59. The van der Waals surface area contributed by atoms with Gasteiger partial charge in [-0.2, -0.15) is 0 Å². The van der Waals surface area contributed by atoms with Crippen LogP contribution < -0.4 is 5.73 Å². The number of hydrogen-bond acceptors (Lipinski definition) is 4. The third kappa shape index (κ3) is 2.18. The van der Waals surface area contributed by atoms with Crippen LogP contribution in [0.1, 0.15) is 0 Å². The molecular weight excluding hydrogens is 202 g/mol. The normalized spacial score (nSPS) is 16.5. The van der Waals surface area contributed by atoms with Crippen LogP contribution in [0.5, 0.6) is 0 Å². The molecule has 2 rings (SSSR count). The average molecular weight is 218 g/mol. The largest absolute Gasteiger partial charge is 0.412 e. The second kappa shape index (κ2) is 4.30. The SMILES string of the molecule is CN1CC[N+](C)=C1N=Nc1ccc(N)cc1. The lowest BCUT2D eigenvalue weighted by molar-refractivity contribution is -0.487. The van der Waals surface area contributed by atoms with Gasteiger partial charge >= 0.3 is 5.96 Å². The van der Waals surface area contributed by atoms with Gasteiger partial charge < -0.3 is 5.73 Å². The maximum absolute atomic E-state index is 5.60. The van der Waals surface area contributed by atoms with Crippen LogP contribution in [0.3, 0.4) is 0 Å². The van der Waals surface area contributed by atoms with Crippen LogP contribution in [0.2, 0.25) is 0 Å². The van der Waals surface area contributed by atoms with Gasteiger partial charge in [0.2, 0.25) is 0 Å². The van der Waals surface area contributed by atoms with Crippen molar-refractivity contribution >= 4 is 17.3 Å². The number of nitrogen functional groups attached to an aromatic ring is 1. The minimum atomic E-state index is 0.738. The lowest BCUT2D eigenvalue weighted by Gasteiger charge is -1.98. The highest BCUT2D eigenvalue weighted by Gasteiger charge is 2.24. The molecule has 0 bridgehead atoms. The molecule has 0 atom stereocenters. The third-order valence-corrected chi connectivity index (χ3v) is 2.60. The second-order valence-corrected chi connectivity index (χ2v) is 3.93. The molecule has 1 aliphatic rings. The van der Waals surface area contributed by atoms with E-state index in [1.54, 1.807) is 0 Å². The number of anilines is 1. The predicted octanol–water partition coefficient (Wildman–Crippen LogP) is 1.30. The van der Waals surface area contributed by atoms with E-state index < -0.39 is 0 Å². The molecule has 0 radical (unpaired) electrons. The summed E-state index contributed by atoms with van der Waals surface area (Å²) in [6.07, 6.45) is 0. The van der Waals surface area contributed by atoms with E-state index in [2.05, 4.69) is 19.7 Å². The highest BCUT2D eigenvalue weighted by atomic mass is 15.4. The Labute approximate surface area is 94.9 Å². The van der Waals surface area contributed by atoms with Crippen LogP contribution in [0.4, 0.5) is 11.4 Å². The van der Waals surface area contributed by atoms with Crippen molar-refractivity contribution in [1.82, 2.24) is 4.90 Å². The fourth-order valence-electron chi connectivity index (χ4n) is 1.59. The van der Waals surface area contributed by atoms with Gasteiger partial charge in [-0.3, -0.25) is 9.48 Å². The van der Waals surface area contributed by atoms with Crippen LogP contribution in [0.25, 0.3) is 0 Å². The van der Waals surface area contributed by atoms with E-state index in [-0.39, 0.29) is 0 Å². The van der Waals surface area contributed by atoms with Crippen LogP contribution in [0.15, 0.2) is 34.5 Å². The maximum atomic E-state index is 5.60. The Balaban J connectivity index is 2.15. The topological polar surface area (TPSA) is 57.0 Å². The molecule has 5 nitrogen and oxygen atoms in total. The van der Waals surface area contributed by atoms with Gasteiger partial charge in [-0.25, -0.2) is 0 Å². The van der Waals surface area contributed by atoms with Crippen LogP contribution in [-0.4, -0.2) is 42.6 Å². The first-order valence-electron chi connectivity index (χ1n) is 5.23. The summed E-state index contributed by atoms with van der Waals surface area (Å²) in [5.74, 6) is 0.900. The molecule has 2 N–H and O–H groups in total. The quantitative estimate of drug-likeness (QED) is 0.439. The number of benzene rings is 1. The number of hydrogen-bond donors (Lipinski definition) is 1. The van der Waals surface area contributed by atoms with Crippen molar-refractivity contribution in [1.29, 1.82) is 0 Å². The number of rotatable bonds is 1. The van der Waals surface area contributed by atoms with Gasteiger partial charge in [0.05, 0.1) is 27.2 Å². The molecule has 0 spiro atoms. The van der Waals surface area contributed by atoms with Gasteiger partial charge in [-0.05, 0) is 24.3 Å². The van der Waals surface area contributed by atoms with E-state index in [0.717, 1.165) is 30.4 Å². The van der Waals surface area contributed by atoms with Crippen molar-refractivity contribution < 1.29 is 4.58 Å². The Morgan fingerprint density at radius 1 is 1.25 bits per heavy atom. The molecule has 0 amide bonds. The molecule has 1 aliphatic heterocycles. The van der Waals surface area contributed by atoms with Gasteiger partial charge in [0.25, 0.3) is 0 Å². The summed E-state index contributed by atoms with van der Waals surface area (Å²) < 4.78 is 2.08. The zero-order valence-electron chi connectivity index (χ0n) is 9.59. The smallest absolute Gasteiger partial charge is 0.399 e. The number of azo groups is 1. The molecule has 0 unspecified atom stereocenters. The van der Waals surface area contributed by atoms with Gasteiger partial charge in [0.15, 0.2) is 0 Å². The van der Waals surface area contributed by atoms with Crippen LogP contribution in [-0.2, 0) is 0 Å². The molecule has 1 aromatic carbocycles. The molecule has 5 heteroatoms. The molecule has 1 heterocycles. The van der Waals surface area contributed by atoms with E-state index in [9.17, 15) is 0 Å². The third-order valence-electron chi connectivity index (χ3n) is 2.60. The second-order valence-electron chi connectivity index (χ2n) is 3.93. The maximum Gasteiger partial charge on any atom is 0.412 e. The Kier molecular flexibility index (Phi) is 2.85. The Morgan fingerprint density at radius 2 is 1.94 bits per heavy atom. The minimum absolute atomic E-state index is 0.738. The standard InChI is InChI=1S/C11H15N5/c1-15-7-8-16(2)11(15)14-13-10-5-3-9(12)4-6-10/h3-6,12H,7-8H2,1-2H3/p+1. The molecule has 0 fully saturated rings. The van der Waals surface area contributed by atoms with Gasteiger partial charge in [0, 0.05) is 10.8 Å². The Hall–Kier alpha value is -1.91. The van der Waals surface area contributed by atoms with Gasteiger partial charge in [-0.1, -0.05) is 5.11 Å². The molecular formula is C11H16N5+. The number of guanidine groups is 1. The molecule has 84 valence electrons. The van der Waals surface area contributed by atoms with Crippen molar-refractivity contribution in [2.45, 2.75) is 0 Å². The number of nitrogens with zero attached hydrogens (tertiary/aromatic N) is 4. The minimum Gasteiger partial charge on any atom is -0.399 e. The summed E-state index contributed by atoms with van der Waals surface area (Å²) in [5, 5.41) is 8.42. The zero-order valence-corrected chi connectivity index (χ0v) is 9.59. The summed E-state index contributed by atoms with van der Waals surface area (Å²) in [7, 11) is 4.03. The van der Waals surface area contributed by atoms with Crippen molar-refractivity contribution in [2.75, 3.05) is 32.9 Å². The van der Waals surface area contributed by atoms with E-state index >= 15 is 0 Å². The summed E-state index contributed by atoms with van der Waals surface area (Å²) in [6.45, 7) is 1.99. The molecule has 0 aromatic heterocycles. The first kappa shape index (κ1) is 10.6. The van der Waals surface area contributed by atoms with E-state index in [1.807, 2.05) is 38.4 Å². The average Bonchev–Trinajstić information content (AvgIpc) is 2.59. The molecule has 16 heavy (non-hydrogen) atoms. The molecule has 0 saturated heterocycles. The number of likely N-dealkylation sites (N-methyl/N-ethyl adjacent to an activating group) is 2. The van der Waals surface area contributed by atoms with Crippen LogP contribution in [0, 0.1) is 0 Å². The summed E-state index contributed by atoms with van der Waals surface area (Å²) in [4.78, 5) is 2.08. The summed E-state index contributed by atoms with van der Waals surface area (Å²) in [5.41, 5.74) is 7.15. The van der Waals surface area contributed by atoms with Gasteiger partial charge in [-0.15, -0.1) is 0 Å². The summed E-state index contributed by atoms with van der Waals surface area (Å²) >= 11 is 0. The lowest BCUT2D eigenvalue weighted by atomic mass is 10.3. The highest BCUT2D eigenvalue weighted by molar-refractivity contribution is 5.76. The van der Waals surface area contributed by atoms with Crippen LogP contribution >= 0.6 is 0 Å². The zero-order chi connectivity index (χ0) is 11.5. The summed E-state index contributed by atoms with van der Waals surface area (Å²) in [6, 6.07) is 7.35. The van der Waals surface area contributed by atoms with Crippen molar-refractivity contribution in [3.05, 3.63) is 24.3 Å². The predicted molar refractivity (Wildman–Crippen MR) is 64.1 cm³/mol. The monoisotopic (exact) mass is 218 g/mol.